The van der Waals surface area contributed by atoms with E-state index in [0.717, 1.165) is 54.9 Å². The van der Waals surface area contributed by atoms with Crippen LogP contribution in [-0.4, -0.2) is 82.7 Å². The highest BCUT2D eigenvalue weighted by Crippen LogP contribution is 2.38. The highest BCUT2D eigenvalue weighted by molar-refractivity contribution is 7.18. The molecule has 0 spiro atoms. The number of benzene rings is 1. The van der Waals surface area contributed by atoms with E-state index in [0.29, 0.717) is 36.2 Å². The minimum absolute atomic E-state index is 0.184. The van der Waals surface area contributed by atoms with Crippen LogP contribution in [0.25, 0.3) is 21.1 Å². The van der Waals surface area contributed by atoms with Crippen molar-refractivity contribution in [2.45, 2.75) is 70.6 Å². The molecule has 44 heavy (non-hydrogen) atoms. The molecule has 2 unspecified atom stereocenters. The highest BCUT2D eigenvalue weighted by Gasteiger charge is 2.35. The molecular weight excluding hydrogens is 591 g/mol. The summed E-state index contributed by atoms with van der Waals surface area (Å²) in [6.07, 6.45) is 7.90. The fourth-order valence-corrected chi connectivity index (χ4v) is 8.10. The van der Waals surface area contributed by atoms with Gasteiger partial charge in [0.15, 0.2) is 0 Å². The van der Waals surface area contributed by atoms with Crippen molar-refractivity contribution in [2.75, 3.05) is 38.6 Å². The van der Waals surface area contributed by atoms with Gasteiger partial charge in [-0.05, 0) is 62.5 Å². The number of ether oxygens (including phenoxy) is 1. The number of pyridine rings is 1. The average molecular weight is 634 g/mol. The third-order valence-corrected chi connectivity index (χ3v) is 11.7. The fraction of sp³-hybridized carbons (Fsp3) is 0.531. The molecule has 12 heteroatoms. The highest BCUT2D eigenvalue weighted by atomic mass is 32.1. The molecule has 10 nitrogen and oxygen atoms in total. The molecular formula is C32H43N7O3SSi. The molecule has 0 radical (unpaired) electrons. The number of aromatic nitrogens is 4. The molecule has 0 bridgehead atoms. The van der Waals surface area contributed by atoms with Gasteiger partial charge in [-0.2, -0.15) is 5.10 Å². The van der Waals surface area contributed by atoms with E-state index >= 15 is 0 Å². The first-order valence-corrected chi connectivity index (χ1v) is 20.2. The molecule has 1 aromatic carbocycles. The van der Waals surface area contributed by atoms with Crippen LogP contribution in [0, 0.1) is 5.92 Å². The summed E-state index contributed by atoms with van der Waals surface area (Å²) in [5.74, 6) is -0.431. The van der Waals surface area contributed by atoms with Gasteiger partial charge in [-0.25, -0.2) is 9.67 Å². The number of carbonyl (C=O) groups excluding carboxylic acids is 2. The van der Waals surface area contributed by atoms with Crippen LogP contribution in [0.5, 0.6) is 0 Å². The largest absolute Gasteiger partial charge is 0.360 e. The Balaban J connectivity index is 1.19. The van der Waals surface area contributed by atoms with E-state index in [1.807, 2.05) is 0 Å². The molecule has 3 aromatic heterocycles. The van der Waals surface area contributed by atoms with E-state index in [2.05, 4.69) is 72.1 Å². The van der Waals surface area contributed by atoms with Gasteiger partial charge >= 0.3 is 11.8 Å². The zero-order chi connectivity index (χ0) is 31.0. The summed E-state index contributed by atoms with van der Waals surface area (Å²) in [7, 11) is 0.941. The van der Waals surface area contributed by atoms with E-state index < -0.39 is 19.9 Å². The quantitative estimate of drug-likeness (QED) is 0.151. The van der Waals surface area contributed by atoms with Crippen molar-refractivity contribution in [3.05, 3.63) is 47.4 Å². The average Bonchev–Trinajstić information content (AvgIpc) is 3.72. The molecule has 2 aliphatic heterocycles. The second-order valence-electron chi connectivity index (χ2n) is 13.8. The topological polar surface area (TPSA) is 105 Å². The SMILES string of the molecule is C[C@H]1CCC(c2ccc3sc(C4CCN(C)C4)nc3c2)N(C(=O)C(=O)Nc2cncc3cnn(COCC[Si](C)(C)C)c23)C1. The molecule has 3 atom stereocenters. The van der Waals surface area contributed by atoms with Gasteiger partial charge in [0, 0.05) is 45.3 Å². The Bertz CT molecular complexity index is 1660. The summed E-state index contributed by atoms with van der Waals surface area (Å²) in [6.45, 7) is 12.7. The lowest BCUT2D eigenvalue weighted by molar-refractivity contribution is -0.146. The van der Waals surface area contributed by atoms with Gasteiger partial charge in [0.25, 0.3) is 0 Å². The van der Waals surface area contributed by atoms with Gasteiger partial charge in [0.2, 0.25) is 0 Å². The number of thiazole rings is 1. The molecule has 0 aliphatic carbocycles. The number of likely N-dealkylation sites (N-methyl/N-ethyl adjacent to an activating group) is 1. The Morgan fingerprint density at radius 2 is 1.95 bits per heavy atom. The van der Waals surface area contributed by atoms with Crippen LogP contribution in [0.4, 0.5) is 5.69 Å². The third-order valence-electron chi connectivity index (χ3n) is 8.82. The number of nitrogens with zero attached hydrogens (tertiary/aromatic N) is 6. The lowest BCUT2D eigenvalue weighted by Crippen LogP contribution is -2.46. The van der Waals surface area contributed by atoms with Crippen LogP contribution >= 0.6 is 11.3 Å². The Kier molecular flexibility index (Phi) is 8.87. The van der Waals surface area contributed by atoms with Gasteiger partial charge in [-0.15, -0.1) is 11.3 Å². The molecule has 2 fully saturated rings. The Hall–Kier alpha value is -3.19. The van der Waals surface area contributed by atoms with Crippen LogP contribution < -0.4 is 5.32 Å². The molecule has 6 rings (SSSR count). The van der Waals surface area contributed by atoms with E-state index in [1.54, 1.807) is 39.5 Å². The second-order valence-corrected chi connectivity index (χ2v) is 20.4. The van der Waals surface area contributed by atoms with Gasteiger partial charge in [-0.3, -0.25) is 14.6 Å². The maximum atomic E-state index is 13.8. The van der Waals surface area contributed by atoms with Crippen LogP contribution in [0.15, 0.2) is 36.8 Å². The van der Waals surface area contributed by atoms with Gasteiger partial charge in [-0.1, -0.05) is 32.6 Å². The van der Waals surface area contributed by atoms with Crippen LogP contribution in [0.2, 0.25) is 25.7 Å². The van der Waals surface area contributed by atoms with Crippen LogP contribution in [-0.2, 0) is 21.1 Å². The molecule has 2 saturated heterocycles. The van der Waals surface area contributed by atoms with Crippen molar-refractivity contribution in [1.82, 2.24) is 29.5 Å². The summed E-state index contributed by atoms with van der Waals surface area (Å²) in [5, 5.41) is 9.28. The van der Waals surface area contributed by atoms with Crippen molar-refractivity contribution >= 4 is 58.0 Å². The number of amides is 2. The molecule has 4 aromatic rings. The maximum absolute atomic E-state index is 13.8. The smallest absolute Gasteiger partial charge is 0.314 e. The number of rotatable bonds is 8. The van der Waals surface area contributed by atoms with Gasteiger partial charge in [0.1, 0.15) is 6.73 Å². The van der Waals surface area contributed by atoms with Crippen LogP contribution in [0.1, 0.15) is 48.7 Å². The fourth-order valence-electron chi connectivity index (χ4n) is 6.27. The van der Waals surface area contributed by atoms with Gasteiger partial charge < -0.3 is 19.9 Å². The monoisotopic (exact) mass is 633 g/mol. The minimum atomic E-state index is -1.22. The second kappa shape index (κ2) is 12.7. The third kappa shape index (κ3) is 6.73. The van der Waals surface area contributed by atoms with E-state index in [4.69, 9.17) is 9.72 Å². The van der Waals surface area contributed by atoms with Crippen molar-refractivity contribution in [2.24, 2.45) is 5.92 Å². The summed E-state index contributed by atoms with van der Waals surface area (Å²) in [4.78, 5) is 40.7. The summed E-state index contributed by atoms with van der Waals surface area (Å²) in [6, 6.07) is 7.23. The predicted octanol–water partition coefficient (Wildman–Crippen LogP) is 5.71. The maximum Gasteiger partial charge on any atom is 0.314 e. The number of fused-ring (bicyclic) bond motifs is 2. The molecule has 5 heterocycles. The molecule has 234 valence electrons. The first kappa shape index (κ1) is 30.8. The number of hydrogen-bond donors (Lipinski definition) is 1. The van der Waals surface area contributed by atoms with E-state index in [-0.39, 0.29) is 12.8 Å². The lowest BCUT2D eigenvalue weighted by atomic mass is 9.89. The lowest BCUT2D eigenvalue weighted by Gasteiger charge is -2.38. The van der Waals surface area contributed by atoms with Crippen LogP contribution in [0.3, 0.4) is 0 Å². The molecule has 2 amide bonds. The van der Waals surface area contributed by atoms with Crippen molar-refractivity contribution in [3.63, 3.8) is 0 Å². The minimum Gasteiger partial charge on any atom is -0.360 e. The van der Waals surface area contributed by atoms with Crippen molar-refractivity contribution in [1.29, 1.82) is 0 Å². The Morgan fingerprint density at radius 1 is 1.11 bits per heavy atom. The van der Waals surface area contributed by atoms with Crippen molar-refractivity contribution < 1.29 is 14.3 Å². The molecule has 2 aliphatic rings. The zero-order valence-corrected chi connectivity index (χ0v) is 28.2. The number of piperidine rings is 1. The summed E-state index contributed by atoms with van der Waals surface area (Å²) >= 11 is 1.77. The Labute approximate surface area is 263 Å². The molecule has 0 saturated carbocycles. The van der Waals surface area contributed by atoms with E-state index in [1.165, 1.54) is 9.71 Å². The normalized spacial score (nSPS) is 21.4. The standard InChI is InChI=1S/C32H43N7O3SSi/c1-21-6-8-27(22-7-9-28-25(14-22)36-31(43-28)23-10-11-37(2)19-23)38(18-21)32(41)30(40)35-26-17-33-15-24-16-34-39(29(24)26)20-42-12-13-44(3,4)5/h7,9,14-17,21,23,27H,6,8,10-13,18-20H2,1-5H3,(H,35,40)/t21-,23?,27?/m0/s1. The number of likely N-dealkylation sites (tertiary alicyclic amines) is 2. The first-order valence-electron chi connectivity index (χ1n) is 15.6. The number of hydrogen-bond acceptors (Lipinski definition) is 8. The number of nitrogens with one attached hydrogen (secondary N) is 1. The van der Waals surface area contributed by atoms with Crippen molar-refractivity contribution in [3.8, 4) is 0 Å². The van der Waals surface area contributed by atoms with Gasteiger partial charge in [0.05, 0.1) is 44.9 Å². The number of anilines is 1. The predicted molar refractivity (Wildman–Crippen MR) is 178 cm³/mol. The van der Waals surface area contributed by atoms with E-state index in [9.17, 15) is 9.59 Å². The first-order chi connectivity index (χ1) is 21.1. The zero-order valence-electron chi connectivity index (χ0n) is 26.4. The summed E-state index contributed by atoms with van der Waals surface area (Å²) in [5.41, 5.74) is 3.15. The Morgan fingerprint density at radius 3 is 2.73 bits per heavy atom. The summed E-state index contributed by atoms with van der Waals surface area (Å²) < 4.78 is 8.81. The number of carbonyl (C=O) groups is 2. The molecule has 1 N–H and O–H groups in total.